The van der Waals surface area contributed by atoms with Crippen molar-refractivity contribution in [2.75, 3.05) is 20.7 Å². The number of rotatable bonds is 3. The molecule has 0 heterocycles. The highest BCUT2D eigenvalue weighted by Crippen LogP contribution is 2.42. The Labute approximate surface area is 92.6 Å². The van der Waals surface area contributed by atoms with Crippen molar-refractivity contribution in [1.82, 2.24) is 4.90 Å². The molecule has 1 saturated carbocycles. The van der Waals surface area contributed by atoms with Crippen LogP contribution in [0.1, 0.15) is 32.6 Å². The molecule has 0 aromatic heterocycles. The molecule has 2 nitrogen and oxygen atoms in total. The molecule has 0 aromatic carbocycles. The molecule has 1 fully saturated rings. The fraction of sp³-hybridized carbons (Fsp3) is 0.692. The van der Waals surface area contributed by atoms with Gasteiger partial charge in [0.05, 0.1) is 6.61 Å². The van der Waals surface area contributed by atoms with Gasteiger partial charge in [-0.15, -0.1) is 0 Å². The van der Waals surface area contributed by atoms with Gasteiger partial charge in [0, 0.05) is 25.7 Å². The maximum atomic E-state index is 5.73. The average Bonchev–Trinajstić information content (AvgIpc) is 2.59. The van der Waals surface area contributed by atoms with E-state index in [0.717, 1.165) is 12.4 Å². The molecule has 0 aliphatic heterocycles. The Kier molecular flexibility index (Phi) is 3.03. The monoisotopic (exact) mass is 207 g/mol. The van der Waals surface area contributed by atoms with E-state index in [0.29, 0.717) is 5.92 Å². The van der Waals surface area contributed by atoms with Crippen LogP contribution in [0.4, 0.5) is 0 Å². The molecule has 0 aromatic rings. The summed E-state index contributed by atoms with van der Waals surface area (Å²) in [7, 11) is 4.26. The van der Waals surface area contributed by atoms with Crippen LogP contribution in [0, 0.1) is 5.92 Å². The molecule has 84 valence electrons. The van der Waals surface area contributed by atoms with E-state index in [1.54, 1.807) is 5.57 Å². The highest BCUT2D eigenvalue weighted by molar-refractivity contribution is 5.39. The van der Waals surface area contributed by atoms with E-state index >= 15 is 0 Å². The van der Waals surface area contributed by atoms with Crippen LogP contribution in [0.3, 0.4) is 0 Å². The molecule has 0 N–H and O–H groups in total. The third-order valence-electron chi connectivity index (χ3n) is 3.38. The molecule has 2 rings (SSSR count). The predicted octanol–water partition coefficient (Wildman–Crippen LogP) is 2.93. The number of ether oxygens (including phenoxy) is 1. The molecule has 1 atom stereocenters. The largest absolute Gasteiger partial charge is 0.494 e. The van der Waals surface area contributed by atoms with Gasteiger partial charge in [0.15, 0.2) is 0 Å². The zero-order valence-corrected chi connectivity index (χ0v) is 10.0. The highest BCUT2D eigenvalue weighted by Gasteiger charge is 2.31. The number of hydrogen-bond donors (Lipinski definition) is 0. The quantitative estimate of drug-likeness (QED) is 0.705. The first-order valence-corrected chi connectivity index (χ1v) is 5.98. The molecule has 0 saturated heterocycles. The minimum absolute atomic E-state index is 0.648. The van der Waals surface area contributed by atoms with Crippen molar-refractivity contribution in [3.63, 3.8) is 0 Å². The van der Waals surface area contributed by atoms with Crippen LogP contribution in [0.5, 0.6) is 0 Å². The Balaban J connectivity index is 2.23. The summed E-state index contributed by atoms with van der Waals surface area (Å²) in [5.74, 6) is 1.81. The van der Waals surface area contributed by atoms with Gasteiger partial charge in [-0.05, 0) is 37.8 Å². The third-order valence-corrected chi connectivity index (χ3v) is 3.38. The normalized spacial score (nSPS) is 25.0. The Morgan fingerprint density at radius 1 is 1.40 bits per heavy atom. The van der Waals surface area contributed by atoms with Crippen LogP contribution in [0.2, 0.25) is 0 Å². The maximum absolute atomic E-state index is 5.73. The molecule has 0 radical (unpaired) electrons. The number of nitrogens with zero attached hydrogens (tertiary/aromatic N) is 1. The Hall–Kier alpha value is -0.920. The van der Waals surface area contributed by atoms with Gasteiger partial charge in [0.25, 0.3) is 0 Å². The molecule has 0 unspecified atom stereocenters. The SMILES string of the molecule is CCOC1=C2CCCC[C@@H]2C(N(C)C)=C1. The summed E-state index contributed by atoms with van der Waals surface area (Å²) in [5, 5.41) is 0. The summed E-state index contributed by atoms with van der Waals surface area (Å²) < 4.78 is 5.73. The second-order valence-electron chi connectivity index (χ2n) is 4.58. The Bertz CT molecular complexity index is 302. The van der Waals surface area contributed by atoms with Gasteiger partial charge in [-0.1, -0.05) is 6.42 Å². The van der Waals surface area contributed by atoms with E-state index in [9.17, 15) is 0 Å². The van der Waals surface area contributed by atoms with E-state index in [4.69, 9.17) is 4.74 Å². The fourth-order valence-corrected chi connectivity index (χ4v) is 2.69. The van der Waals surface area contributed by atoms with Gasteiger partial charge in [0.1, 0.15) is 5.76 Å². The summed E-state index contributed by atoms with van der Waals surface area (Å²) in [6, 6.07) is 0. The molecule has 0 bridgehead atoms. The molecular formula is C13H21NO. The van der Waals surface area contributed by atoms with Crippen molar-refractivity contribution >= 4 is 0 Å². The summed E-state index contributed by atoms with van der Waals surface area (Å²) in [5.41, 5.74) is 2.99. The Morgan fingerprint density at radius 3 is 2.87 bits per heavy atom. The van der Waals surface area contributed by atoms with E-state index in [1.807, 2.05) is 0 Å². The van der Waals surface area contributed by atoms with Crippen molar-refractivity contribution in [2.24, 2.45) is 5.92 Å². The van der Waals surface area contributed by atoms with E-state index in [2.05, 4.69) is 32.0 Å². The molecule has 0 amide bonds. The fourth-order valence-electron chi connectivity index (χ4n) is 2.69. The topological polar surface area (TPSA) is 12.5 Å². The van der Waals surface area contributed by atoms with E-state index < -0.39 is 0 Å². The second kappa shape index (κ2) is 4.30. The molecule has 2 heteroatoms. The van der Waals surface area contributed by atoms with Crippen molar-refractivity contribution in [2.45, 2.75) is 32.6 Å². The van der Waals surface area contributed by atoms with Crippen LogP contribution < -0.4 is 0 Å². The van der Waals surface area contributed by atoms with Crippen molar-refractivity contribution < 1.29 is 4.74 Å². The van der Waals surface area contributed by atoms with Gasteiger partial charge in [-0.2, -0.15) is 0 Å². The van der Waals surface area contributed by atoms with Gasteiger partial charge in [-0.3, -0.25) is 0 Å². The lowest BCUT2D eigenvalue weighted by Gasteiger charge is -2.27. The molecular weight excluding hydrogens is 186 g/mol. The summed E-state index contributed by atoms with van der Waals surface area (Å²) in [4.78, 5) is 2.24. The lowest BCUT2D eigenvalue weighted by molar-refractivity contribution is 0.236. The lowest BCUT2D eigenvalue weighted by atomic mass is 9.84. The van der Waals surface area contributed by atoms with Gasteiger partial charge >= 0.3 is 0 Å². The molecule has 0 spiro atoms. The average molecular weight is 207 g/mol. The number of fused-ring (bicyclic) bond motifs is 1. The highest BCUT2D eigenvalue weighted by atomic mass is 16.5. The molecule has 2 aliphatic rings. The molecule has 2 aliphatic carbocycles. The first-order chi connectivity index (χ1) is 7.24. The number of allylic oxidation sites excluding steroid dienone is 2. The summed E-state index contributed by atoms with van der Waals surface area (Å²) in [6.07, 6.45) is 7.47. The van der Waals surface area contributed by atoms with E-state index in [-0.39, 0.29) is 0 Å². The van der Waals surface area contributed by atoms with Crippen LogP contribution >= 0.6 is 0 Å². The maximum Gasteiger partial charge on any atom is 0.120 e. The van der Waals surface area contributed by atoms with Crippen LogP contribution in [0.25, 0.3) is 0 Å². The summed E-state index contributed by atoms with van der Waals surface area (Å²) in [6.45, 7) is 2.84. The standard InChI is InChI=1S/C13H21NO/c1-4-15-13-9-12(14(2)3)10-7-5-6-8-11(10)13/h9-10H,4-8H2,1-3H3/t10-/m0/s1. The minimum Gasteiger partial charge on any atom is -0.494 e. The predicted molar refractivity (Wildman–Crippen MR) is 62.4 cm³/mol. The van der Waals surface area contributed by atoms with Crippen molar-refractivity contribution in [3.8, 4) is 0 Å². The third kappa shape index (κ3) is 1.90. The smallest absolute Gasteiger partial charge is 0.120 e. The van der Waals surface area contributed by atoms with Crippen molar-refractivity contribution in [3.05, 3.63) is 23.1 Å². The van der Waals surface area contributed by atoms with Gasteiger partial charge in [0.2, 0.25) is 0 Å². The second-order valence-corrected chi connectivity index (χ2v) is 4.58. The van der Waals surface area contributed by atoms with Crippen LogP contribution in [0.15, 0.2) is 23.1 Å². The Morgan fingerprint density at radius 2 is 2.20 bits per heavy atom. The zero-order chi connectivity index (χ0) is 10.8. The summed E-state index contributed by atoms with van der Waals surface area (Å²) >= 11 is 0. The van der Waals surface area contributed by atoms with Crippen LogP contribution in [-0.4, -0.2) is 25.6 Å². The zero-order valence-electron chi connectivity index (χ0n) is 10.0. The first-order valence-electron chi connectivity index (χ1n) is 5.98. The number of hydrogen-bond acceptors (Lipinski definition) is 2. The first kappa shape index (κ1) is 10.6. The minimum atomic E-state index is 0.648. The van der Waals surface area contributed by atoms with Crippen LogP contribution in [-0.2, 0) is 4.74 Å². The van der Waals surface area contributed by atoms with Crippen molar-refractivity contribution in [1.29, 1.82) is 0 Å². The van der Waals surface area contributed by atoms with Gasteiger partial charge < -0.3 is 9.64 Å². The van der Waals surface area contributed by atoms with E-state index in [1.165, 1.54) is 31.4 Å². The molecule has 15 heavy (non-hydrogen) atoms. The van der Waals surface area contributed by atoms with Gasteiger partial charge in [-0.25, -0.2) is 0 Å². The lowest BCUT2D eigenvalue weighted by Crippen LogP contribution is -2.20.